The number of hydrogen-bond acceptors (Lipinski definition) is 3. The number of halogens is 1. The zero-order chi connectivity index (χ0) is 19.8. The van der Waals surface area contributed by atoms with Crippen molar-refractivity contribution in [2.75, 3.05) is 26.2 Å². The number of imidazole rings is 1. The minimum atomic E-state index is -0.195. The van der Waals surface area contributed by atoms with Gasteiger partial charge in [-0.3, -0.25) is 9.69 Å². The van der Waals surface area contributed by atoms with Gasteiger partial charge in [0.05, 0.1) is 5.69 Å². The van der Waals surface area contributed by atoms with Gasteiger partial charge in [0, 0.05) is 32.4 Å². The fourth-order valence-corrected chi connectivity index (χ4v) is 4.63. The van der Waals surface area contributed by atoms with Gasteiger partial charge in [-0.05, 0) is 61.6 Å². The minimum Gasteiger partial charge on any atom is -0.337 e. The number of fused-ring (bicyclic) bond motifs is 1. The summed E-state index contributed by atoms with van der Waals surface area (Å²) in [5.74, 6) is 0.252. The fourth-order valence-electron chi connectivity index (χ4n) is 4.63. The van der Waals surface area contributed by atoms with E-state index in [4.69, 9.17) is 0 Å². The van der Waals surface area contributed by atoms with E-state index in [-0.39, 0.29) is 11.7 Å². The molecule has 0 saturated carbocycles. The Kier molecular flexibility index (Phi) is 4.79. The van der Waals surface area contributed by atoms with Crippen LogP contribution in [0.1, 0.15) is 46.9 Å². The van der Waals surface area contributed by atoms with Crippen LogP contribution >= 0.6 is 0 Å². The summed E-state index contributed by atoms with van der Waals surface area (Å²) in [5, 5.41) is 0. The van der Waals surface area contributed by atoms with Crippen LogP contribution in [0.5, 0.6) is 0 Å². The van der Waals surface area contributed by atoms with Crippen LogP contribution in [0, 0.1) is 5.82 Å². The highest BCUT2D eigenvalue weighted by Crippen LogP contribution is 2.29. The van der Waals surface area contributed by atoms with Gasteiger partial charge < -0.3 is 9.30 Å². The third-order valence-electron chi connectivity index (χ3n) is 6.21. The smallest absolute Gasteiger partial charge is 0.274 e. The Labute approximate surface area is 169 Å². The average molecular weight is 392 g/mol. The maximum atomic E-state index is 13.2. The first-order valence-electron chi connectivity index (χ1n) is 10.4. The molecule has 2 saturated heterocycles. The first kappa shape index (κ1) is 18.3. The van der Waals surface area contributed by atoms with Gasteiger partial charge in [0.2, 0.25) is 0 Å². The summed E-state index contributed by atoms with van der Waals surface area (Å²) in [6.45, 7) is 4.20. The summed E-state index contributed by atoms with van der Waals surface area (Å²) in [6.07, 6.45) is 5.17. The second-order valence-corrected chi connectivity index (χ2v) is 8.11. The van der Waals surface area contributed by atoms with Crippen molar-refractivity contribution >= 4 is 11.6 Å². The maximum Gasteiger partial charge on any atom is 0.274 e. The molecule has 0 unspecified atom stereocenters. The zero-order valence-electron chi connectivity index (χ0n) is 16.4. The molecule has 150 valence electrons. The second-order valence-electron chi connectivity index (χ2n) is 8.11. The van der Waals surface area contributed by atoms with Crippen molar-refractivity contribution < 1.29 is 9.18 Å². The van der Waals surface area contributed by atoms with Crippen molar-refractivity contribution in [3.8, 4) is 0 Å². The topological polar surface area (TPSA) is 40.9 Å². The third kappa shape index (κ3) is 3.53. The predicted molar refractivity (Wildman–Crippen MR) is 109 cm³/mol. The highest BCUT2D eigenvalue weighted by atomic mass is 19.1. The van der Waals surface area contributed by atoms with E-state index >= 15 is 0 Å². The van der Waals surface area contributed by atoms with E-state index in [2.05, 4.69) is 14.3 Å². The monoisotopic (exact) mass is 392 g/mol. The first-order valence-corrected chi connectivity index (χ1v) is 10.4. The first-order chi connectivity index (χ1) is 14.2. The van der Waals surface area contributed by atoms with Gasteiger partial charge in [-0.1, -0.05) is 18.2 Å². The van der Waals surface area contributed by atoms with Crippen molar-refractivity contribution in [1.29, 1.82) is 0 Å². The van der Waals surface area contributed by atoms with Crippen LogP contribution < -0.4 is 0 Å². The molecule has 0 bridgehead atoms. The van der Waals surface area contributed by atoms with Crippen LogP contribution in [0.4, 0.5) is 4.39 Å². The number of nitrogens with zero attached hydrogens (tertiary/aromatic N) is 4. The van der Waals surface area contributed by atoms with Crippen molar-refractivity contribution in [1.82, 2.24) is 19.2 Å². The largest absolute Gasteiger partial charge is 0.337 e. The maximum absolute atomic E-state index is 13.2. The Morgan fingerprint density at radius 2 is 1.86 bits per heavy atom. The van der Waals surface area contributed by atoms with Gasteiger partial charge in [-0.25, -0.2) is 9.37 Å². The molecule has 1 amide bonds. The lowest BCUT2D eigenvalue weighted by Gasteiger charge is -2.19. The van der Waals surface area contributed by atoms with Gasteiger partial charge in [0.15, 0.2) is 5.69 Å². The molecule has 1 aromatic carbocycles. The van der Waals surface area contributed by atoms with Crippen molar-refractivity contribution in [3.63, 3.8) is 0 Å². The molecule has 2 aromatic heterocycles. The average Bonchev–Trinajstić information content (AvgIpc) is 3.49. The molecule has 0 spiro atoms. The molecule has 0 radical (unpaired) electrons. The molecule has 2 aliphatic heterocycles. The molecule has 0 N–H and O–H groups in total. The van der Waals surface area contributed by atoms with E-state index in [1.807, 2.05) is 41.4 Å². The lowest BCUT2D eigenvalue weighted by molar-refractivity contribution is 0.0785. The molecule has 4 heterocycles. The minimum absolute atomic E-state index is 0.0514. The summed E-state index contributed by atoms with van der Waals surface area (Å²) >= 11 is 0. The number of likely N-dealkylation sites (tertiary alicyclic amines) is 2. The summed E-state index contributed by atoms with van der Waals surface area (Å²) < 4.78 is 15.3. The van der Waals surface area contributed by atoms with Crippen molar-refractivity contribution in [2.45, 2.75) is 31.7 Å². The van der Waals surface area contributed by atoms with Gasteiger partial charge in [0.25, 0.3) is 5.91 Å². The summed E-state index contributed by atoms with van der Waals surface area (Å²) in [7, 11) is 0. The fraction of sp³-hybridized carbons (Fsp3) is 0.391. The lowest BCUT2D eigenvalue weighted by atomic mass is 9.99. The molecule has 2 fully saturated rings. The van der Waals surface area contributed by atoms with Gasteiger partial charge in [0.1, 0.15) is 11.5 Å². The second kappa shape index (κ2) is 7.59. The standard InChI is InChI=1S/C23H25FN4O/c24-19-8-6-17(7-9-19)18-10-14-26(15-18)16-20-22(23(29)27-11-3-4-12-27)25-21-5-1-2-13-28(20)21/h1-2,5-9,13,18H,3-4,10-12,14-16H2/t18-/m0/s1. The number of benzene rings is 1. The van der Waals surface area contributed by atoms with Crippen LogP contribution in [0.15, 0.2) is 48.7 Å². The number of amides is 1. The van der Waals surface area contributed by atoms with E-state index in [9.17, 15) is 9.18 Å². The predicted octanol–water partition coefficient (Wildman–Crippen LogP) is 3.70. The normalized spacial score (nSPS) is 20.0. The van der Waals surface area contributed by atoms with Gasteiger partial charge in [-0.15, -0.1) is 0 Å². The zero-order valence-corrected chi connectivity index (χ0v) is 16.4. The molecule has 29 heavy (non-hydrogen) atoms. The molecule has 5 rings (SSSR count). The number of carbonyl (C=O) groups excluding carboxylic acids is 1. The Morgan fingerprint density at radius 3 is 2.66 bits per heavy atom. The van der Waals surface area contributed by atoms with Crippen LogP contribution in [0.25, 0.3) is 5.65 Å². The number of aromatic nitrogens is 2. The molecule has 6 heteroatoms. The Morgan fingerprint density at radius 1 is 1.07 bits per heavy atom. The molecule has 2 aliphatic rings. The highest BCUT2D eigenvalue weighted by Gasteiger charge is 2.29. The lowest BCUT2D eigenvalue weighted by Crippen LogP contribution is -2.30. The Bertz CT molecular complexity index is 1020. The van der Waals surface area contributed by atoms with Crippen molar-refractivity contribution in [3.05, 3.63) is 71.4 Å². The van der Waals surface area contributed by atoms with Gasteiger partial charge in [-0.2, -0.15) is 0 Å². The molecule has 5 nitrogen and oxygen atoms in total. The Hall–Kier alpha value is -2.73. The quantitative estimate of drug-likeness (QED) is 0.680. The van der Waals surface area contributed by atoms with E-state index < -0.39 is 0 Å². The van der Waals surface area contributed by atoms with E-state index in [0.717, 1.165) is 56.8 Å². The summed E-state index contributed by atoms with van der Waals surface area (Å²) in [5.41, 5.74) is 3.56. The summed E-state index contributed by atoms with van der Waals surface area (Å²) in [4.78, 5) is 22.1. The Balaban J connectivity index is 1.40. The summed E-state index contributed by atoms with van der Waals surface area (Å²) in [6, 6.07) is 12.7. The van der Waals surface area contributed by atoms with Crippen LogP contribution in [0.2, 0.25) is 0 Å². The SMILES string of the molecule is O=C(c1nc2ccccn2c1CN1CC[C@H](c2ccc(F)cc2)C1)N1CCCC1. The number of pyridine rings is 1. The van der Waals surface area contributed by atoms with Crippen LogP contribution in [-0.4, -0.2) is 51.3 Å². The molecule has 1 atom stereocenters. The van der Waals surface area contributed by atoms with E-state index in [0.29, 0.717) is 18.2 Å². The van der Waals surface area contributed by atoms with E-state index in [1.54, 1.807) is 0 Å². The van der Waals surface area contributed by atoms with E-state index in [1.165, 1.54) is 17.7 Å². The molecular weight excluding hydrogens is 367 g/mol. The van der Waals surface area contributed by atoms with Gasteiger partial charge >= 0.3 is 0 Å². The number of rotatable bonds is 4. The van der Waals surface area contributed by atoms with Crippen molar-refractivity contribution in [2.24, 2.45) is 0 Å². The van der Waals surface area contributed by atoms with Crippen LogP contribution in [0.3, 0.4) is 0 Å². The molecule has 3 aromatic rings. The molecular formula is C23H25FN4O. The third-order valence-corrected chi connectivity index (χ3v) is 6.21. The molecule has 0 aliphatic carbocycles. The van der Waals surface area contributed by atoms with Crippen LogP contribution in [-0.2, 0) is 6.54 Å². The highest BCUT2D eigenvalue weighted by molar-refractivity contribution is 5.94. The number of carbonyl (C=O) groups is 1. The number of hydrogen-bond donors (Lipinski definition) is 0.